The second-order valence-corrected chi connectivity index (χ2v) is 11.4. The monoisotopic (exact) mass is 520 g/mol. The second-order valence-electron chi connectivity index (χ2n) is 11.4. The van der Waals surface area contributed by atoms with Crippen molar-refractivity contribution in [3.8, 4) is 0 Å². The number of aliphatic hydroxyl groups excluding tert-OH is 1. The largest absolute Gasteiger partial charge is 0.509 e. The molecule has 9 heteroatoms. The van der Waals surface area contributed by atoms with Crippen molar-refractivity contribution in [1.82, 2.24) is 0 Å². The van der Waals surface area contributed by atoms with E-state index in [-0.39, 0.29) is 49.4 Å². The van der Waals surface area contributed by atoms with Crippen molar-refractivity contribution in [2.75, 3.05) is 13.2 Å². The Morgan fingerprint density at radius 3 is 2.62 bits per heavy atom. The fourth-order valence-electron chi connectivity index (χ4n) is 7.76. The number of hydrogen-bond acceptors (Lipinski definition) is 8. The van der Waals surface area contributed by atoms with E-state index in [2.05, 4.69) is 0 Å². The van der Waals surface area contributed by atoms with Gasteiger partial charge in [0.05, 0.1) is 12.7 Å². The molecule has 0 aromatic rings. The molecule has 204 valence electrons. The molecular weight excluding hydrogens is 483 g/mol. The predicted molar refractivity (Wildman–Crippen MR) is 130 cm³/mol. The maximum absolute atomic E-state index is 15.6. The van der Waals surface area contributed by atoms with E-state index >= 15 is 4.39 Å². The zero-order chi connectivity index (χ0) is 27.2. The molecule has 0 aromatic carbocycles. The van der Waals surface area contributed by atoms with Crippen LogP contribution in [0.1, 0.15) is 66.2 Å². The molecule has 0 amide bonds. The summed E-state index contributed by atoms with van der Waals surface area (Å²) in [7, 11) is 0. The van der Waals surface area contributed by atoms with Crippen LogP contribution in [0.2, 0.25) is 0 Å². The van der Waals surface area contributed by atoms with Crippen molar-refractivity contribution < 1.29 is 42.9 Å². The highest BCUT2D eigenvalue weighted by atomic mass is 19.1. The minimum Gasteiger partial charge on any atom is -0.458 e. The van der Waals surface area contributed by atoms with Crippen LogP contribution in [0.15, 0.2) is 23.8 Å². The van der Waals surface area contributed by atoms with Crippen LogP contribution >= 0.6 is 0 Å². The van der Waals surface area contributed by atoms with Crippen LogP contribution in [0.25, 0.3) is 0 Å². The van der Waals surface area contributed by atoms with Crippen LogP contribution in [0.3, 0.4) is 0 Å². The molecule has 4 rings (SSSR count). The average molecular weight is 521 g/mol. The predicted octanol–water partition coefficient (Wildman–Crippen LogP) is 4.04. The normalized spacial score (nSPS) is 40.1. The molecule has 0 heterocycles. The summed E-state index contributed by atoms with van der Waals surface area (Å²) in [6, 6.07) is 0. The van der Waals surface area contributed by atoms with E-state index < -0.39 is 53.2 Å². The highest BCUT2D eigenvalue weighted by Crippen LogP contribution is 2.68. The van der Waals surface area contributed by atoms with Gasteiger partial charge < -0.3 is 19.3 Å². The second kappa shape index (κ2) is 9.97. The van der Waals surface area contributed by atoms with Gasteiger partial charge in [-0.2, -0.15) is 0 Å². The summed E-state index contributed by atoms with van der Waals surface area (Å²) in [5, 5.41) is 11.6. The number of fused-ring (bicyclic) bond motifs is 5. The van der Waals surface area contributed by atoms with Gasteiger partial charge in [0.1, 0.15) is 6.17 Å². The molecule has 4 aliphatic rings. The van der Waals surface area contributed by atoms with E-state index in [4.69, 9.17) is 14.2 Å². The van der Waals surface area contributed by atoms with Crippen LogP contribution in [0.4, 0.5) is 9.18 Å². The molecule has 0 aromatic heterocycles. The number of ketones is 2. The number of rotatable bonds is 7. The van der Waals surface area contributed by atoms with Crippen molar-refractivity contribution in [1.29, 1.82) is 0 Å². The van der Waals surface area contributed by atoms with Gasteiger partial charge in [0.15, 0.2) is 18.0 Å². The Labute approximate surface area is 216 Å². The summed E-state index contributed by atoms with van der Waals surface area (Å²) in [6.07, 6.45) is 3.43. The van der Waals surface area contributed by atoms with Gasteiger partial charge >= 0.3 is 12.1 Å². The summed E-state index contributed by atoms with van der Waals surface area (Å²) in [4.78, 5) is 49.9. The fraction of sp³-hybridized carbons (Fsp3) is 0.714. The van der Waals surface area contributed by atoms with Gasteiger partial charge in [-0.05, 0) is 61.7 Å². The van der Waals surface area contributed by atoms with Gasteiger partial charge in [0.2, 0.25) is 5.78 Å². The molecular formula is C28H37FO8. The first-order valence-corrected chi connectivity index (χ1v) is 13.2. The van der Waals surface area contributed by atoms with Crippen molar-refractivity contribution in [2.24, 2.45) is 28.6 Å². The van der Waals surface area contributed by atoms with Gasteiger partial charge in [0.25, 0.3) is 0 Å². The summed E-state index contributed by atoms with van der Waals surface area (Å²) in [6.45, 7) is 6.35. The molecule has 0 spiro atoms. The molecule has 0 aliphatic heterocycles. The summed E-state index contributed by atoms with van der Waals surface area (Å²) in [5.74, 6) is -2.44. The quantitative estimate of drug-likeness (QED) is 0.395. The average Bonchev–Trinajstić information content (AvgIpc) is 3.11. The zero-order valence-electron chi connectivity index (χ0n) is 22.0. The van der Waals surface area contributed by atoms with Crippen LogP contribution in [0.5, 0.6) is 0 Å². The van der Waals surface area contributed by atoms with Gasteiger partial charge in [-0.1, -0.05) is 33.3 Å². The number of ether oxygens (including phenoxy) is 3. The molecule has 3 saturated carbocycles. The Hall–Kier alpha value is -2.55. The number of halogens is 1. The van der Waals surface area contributed by atoms with Crippen molar-refractivity contribution in [3.63, 3.8) is 0 Å². The molecule has 8 nitrogen and oxygen atoms in total. The highest BCUT2D eigenvalue weighted by molar-refractivity contribution is 6.01. The van der Waals surface area contributed by atoms with E-state index in [0.29, 0.717) is 18.4 Å². The van der Waals surface area contributed by atoms with Crippen LogP contribution in [-0.4, -0.2) is 59.9 Å². The summed E-state index contributed by atoms with van der Waals surface area (Å²) in [5.41, 5.74) is -3.19. The first kappa shape index (κ1) is 27.5. The van der Waals surface area contributed by atoms with Crippen LogP contribution < -0.4 is 0 Å². The molecule has 8 atom stereocenters. The third-order valence-electron chi connectivity index (χ3n) is 9.43. The smallest absolute Gasteiger partial charge is 0.458 e. The fourth-order valence-corrected chi connectivity index (χ4v) is 7.76. The molecule has 1 N–H and O–H groups in total. The maximum Gasteiger partial charge on any atom is 0.509 e. The molecule has 0 radical (unpaired) electrons. The third-order valence-corrected chi connectivity index (χ3v) is 9.43. The molecule has 4 aliphatic carbocycles. The number of aliphatic hydroxyl groups is 1. The van der Waals surface area contributed by atoms with Crippen LogP contribution in [-0.2, 0) is 28.6 Å². The molecule has 3 fully saturated rings. The first-order chi connectivity index (χ1) is 17.4. The Balaban J connectivity index is 1.71. The van der Waals surface area contributed by atoms with Crippen molar-refractivity contribution in [2.45, 2.75) is 84.1 Å². The van der Waals surface area contributed by atoms with Gasteiger partial charge in [-0.25, -0.2) is 9.18 Å². The number of esters is 1. The number of carbonyl (C=O) groups is 4. The van der Waals surface area contributed by atoms with Gasteiger partial charge in [0, 0.05) is 23.7 Å². The standard InChI is InChI=1S/C28H37FO8/c1-5-6-11-35-25(34)37-28(23(33)15-36-16(2)30)10-8-19-18-13-21(29)20-12-17(31)7-9-26(20,3)24(18)22(32)14-27(19,28)4/h7,9,12,18-19,21-22,24,32H,5-6,8,10-11,13-15H2,1-4H3/t18-,19-,21-,22?,24+,26-,27-,28-/m0/s1. The summed E-state index contributed by atoms with van der Waals surface area (Å²) < 4.78 is 31.7. The number of allylic oxidation sites excluding steroid dienone is 4. The molecule has 0 bridgehead atoms. The first-order valence-electron chi connectivity index (χ1n) is 13.2. The van der Waals surface area contributed by atoms with Crippen molar-refractivity contribution >= 4 is 23.7 Å². The lowest BCUT2D eigenvalue weighted by Gasteiger charge is -2.60. The number of Topliss-reactive ketones (excluding diaryl/α,β-unsaturated/α-hetero) is 1. The Bertz CT molecular complexity index is 1040. The maximum atomic E-state index is 15.6. The van der Waals surface area contributed by atoms with E-state index in [1.54, 1.807) is 13.0 Å². The molecule has 0 saturated heterocycles. The number of unbranched alkanes of at least 4 members (excludes halogenated alkanes) is 1. The minimum absolute atomic E-state index is 0.0969. The third kappa shape index (κ3) is 4.43. The van der Waals surface area contributed by atoms with E-state index in [1.807, 2.05) is 13.8 Å². The van der Waals surface area contributed by atoms with E-state index in [1.165, 1.54) is 19.1 Å². The molecule has 37 heavy (non-hydrogen) atoms. The lowest BCUT2D eigenvalue weighted by molar-refractivity contribution is -0.187. The number of alkyl halides is 1. The lowest BCUT2D eigenvalue weighted by atomic mass is 9.46. The Morgan fingerprint density at radius 1 is 1.22 bits per heavy atom. The number of carbonyl (C=O) groups excluding carboxylic acids is 4. The van der Waals surface area contributed by atoms with E-state index in [0.717, 1.165) is 6.42 Å². The summed E-state index contributed by atoms with van der Waals surface area (Å²) >= 11 is 0. The lowest BCUT2D eigenvalue weighted by Crippen LogP contribution is -2.64. The van der Waals surface area contributed by atoms with E-state index in [9.17, 15) is 24.3 Å². The topological polar surface area (TPSA) is 116 Å². The molecule has 1 unspecified atom stereocenters. The van der Waals surface area contributed by atoms with Crippen molar-refractivity contribution in [3.05, 3.63) is 23.8 Å². The Morgan fingerprint density at radius 2 is 1.95 bits per heavy atom. The van der Waals surface area contributed by atoms with Gasteiger partial charge in [-0.15, -0.1) is 0 Å². The van der Waals surface area contributed by atoms with Gasteiger partial charge in [-0.3, -0.25) is 14.4 Å². The number of hydrogen-bond donors (Lipinski definition) is 1. The Kier molecular flexibility index (Phi) is 7.40. The SMILES string of the molecule is CCCCOC(=O)O[C@]1(C(=O)COC(C)=O)CC[C@H]2[C@@H]3C[C@H](F)C4=CC(=O)C=C[C@]4(C)[C@H]3C(O)C[C@@]21C. The minimum atomic E-state index is -1.69. The van der Waals surface area contributed by atoms with Crippen LogP contribution in [0, 0.1) is 28.6 Å². The highest BCUT2D eigenvalue weighted by Gasteiger charge is 2.71. The zero-order valence-corrected chi connectivity index (χ0v) is 22.0.